The highest BCUT2D eigenvalue weighted by atomic mass is 16.5. The SMILES string of the molecule is O=CCc1cccc(-c2nc(-c3cccnc3)no2)c1. The van der Waals surface area contributed by atoms with Gasteiger partial charge in [0.25, 0.3) is 5.89 Å². The molecule has 5 heteroatoms. The predicted octanol–water partition coefficient (Wildman–Crippen LogP) is 2.54. The minimum atomic E-state index is 0.372. The number of benzene rings is 1. The van der Waals surface area contributed by atoms with Crippen LogP contribution in [0.15, 0.2) is 53.3 Å². The highest BCUT2D eigenvalue weighted by Crippen LogP contribution is 2.22. The number of aldehydes is 1. The number of carbonyl (C=O) groups is 1. The lowest BCUT2D eigenvalue weighted by atomic mass is 10.1. The van der Waals surface area contributed by atoms with E-state index in [9.17, 15) is 4.79 Å². The number of hydrogen-bond acceptors (Lipinski definition) is 5. The molecular weight excluding hydrogens is 254 g/mol. The summed E-state index contributed by atoms with van der Waals surface area (Å²) in [5.41, 5.74) is 2.51. The molecule has 0 saturated carbocycles. The summed E-state index contributed by atoms with van der Waals surface area (Å²) in [5, 5.41) is 3.94. The third-order valence-corrected chi connectivity index (χ3v) is 2.84. The van der Waals surface area contributed by atoms with Gasteiger partial charge in [-0.25, -0.2) is 0 Å². The van der Waals surface area contributed by atoms with Gasteiger partial charge in [0.1, 0.15) is 6.29 Å². The van der Waals surface area contributed by atoms with Gasteiger partial charge in [0.05, 0.1) is 0 Å². The van der Waals surface area contributed by atoms with Gasteiger partial charge in [-0.1, -0.05) is 17.3 Å². The van der Waals surface area contributed by atoms with E-state index >= 15 is 0 Å². The van der Waals surface area contributed by atoms with Crippen LogP contribution >= 0.6 is 0 Å². The minimum absolute atomic E-state index is 0.372. The van der Waals surface area contributed by atoms with Crippen LogP contribution in [0.3, 0.4) is 0 Å². The van der Waals surface area contributed by atoms with Gasteiger partial charge in [-0.3, -0.25) is 4.98 Å². The summed E-state index contributed by atoms with van der Waals surface area (Å²) in [4.78, 5) is 18.9. The third kappa shape index (κ3) is 2.47. The molecule has 1 aromatic carbocycles. The second-order valence-corrected chi connectivity index (χ2v) is 4.24. The van der Waals surface area contributed by atoms with E-state index in [1.807, 2.05) is 36.4 Å². The number of aromatic nitrogens is 3. The molecule has 0 bridgehead atoms. The molecule has 0 spiro atoms. The number of hydrogen-bond donors (Lipinski definition) is 0. The van der Waals surface area contributed by atoms with E-state index in [1.54, 1.807) is 12.4 Å². The molecule has 0 aliphatic rings. The summed E-state index contributed by atoms with van der Waals surface area (Å²) in [6.45, 7) is 0. The second-order valence-electron chi connectivity index (χ2n) is 4.24. The lowest BCUT2D eigenvalue weighted by Gasteiger charge is -1.97. The molecule has 0 aliphatic heterocycles. The first-order valence-corrected chi connectivity index (χ1v) is 6.14. The fraction of sp³-hybridized carbons (Fsp3) is 0.0667. The molecule has 0 fully saturated rings. The maximum Gasteiger partial charge on any atom is 0.258 e. The molecule has 0 aliphatic carbocycles. The monoisotopic (exact) mass is 265 g/mol. The summed E-state index contributed by atoms with van der Waals surface area (Å²) < 4.78 is 5.26. The van der Waals surface area contributed by atoms with Crippen molar-refractivity contribution in [3.05, 3.63) is 54.4 Å². The minimum Gasteiger partial charge on any atom is -0.334 e. The fourth-order valence-electron chi connectivity index (χ4n) is 1.88. The van der Waals surface area contributed by atoms with Crippen molar-refractivity contribution in [2.75, 3.05) is 0 Å². The molecule has 2 aromatic heterocycles. The summed E-state index contributed by atoms with van der Waals surface area (Å²) in [6, 6.07) is 11.2. The predicted molar refractivity (Wildman–Crippen MR) is 72.7 cm³/mol. The smallest absolute Gasteiger partial charge is 0.258 e. The van der Waals surface area contributed by atoms with Gasteiger partial charge < -0.3 is 9.32 Å². The molecule has 0 amide bonds. The lowest BCUT2D eigenvalue weighted by molar-refractivity contribution is -0.107. The van der Waals surface area contributed by atoms with Crippen molar-refractivity contribution in [3.63, 3.8) is 0 Å². The van der Waals surface area contributed by atoms with Crippen LogP contribution in [-0.2, 0) is 11.2 Å². The van der Waals surface area contributed by atoms with Crippen LogP contribution in [0, 0.1) is 0 Å². The Morgan fingerprint density at radius 1 is 1.15 bits per heavy atom. The molecule has 0 atom stereocenters. The Kier molecular flexibility index (Phi) is 3.33. The van der Waals surface area contributed by atoms with Gasteiger partial charge in [-0.2, -0.15) is 4.98 Å². The third-order valence-electron chi connectivity index (χ3n) is 2.84. The van der Waals surface area contributed by atoms with Crippen LogP contribution in [0.25, 0.3) is 22.8 Å². The summed E-state index contributed by atoms with van der Waals surface area (Å²) in [7, 11) is 0. The maximum atomic E-state index is 10.6. The summed E-state index contributed by atoms with van der Waals surface area (Å²) in [5.74, 6) is 0.922. The Morgan fingerprint density at radius 2 is 2.05 bits per heavy atom. The molecule has 2 heterocycles. The highest BCUT2D eigenvalue weighted by molar-refractivity contribution is 5.62. The van der Waals surface area contributed by atoms with Crippen molar-refractivity contribution in [1.29, 1.82) is 0 Å². The topological polar surface area (TPSA) is 68.9 Å². The largest absolute Gasteiger partial charge is 0.334 e. The van der Waals surface area contributed by atoms with E-state index in [0.29, 0.717) is 18.1 Å². The van der Waals surface area contributed by atoms with Crippen molar-refractivity contribution >= 4 is 6.29 Å². The van der Waals surface area contributed by atoms with Crippen molar-refractivity contribution in [2.24, 2.45) is 0 Å². The van der Waals surface area contributed by atoms with E-state index < -0.39 is 0 Å². The zero-order chi connectivity index (χ0) is 13.8. The summed E-state index contributed by atoms with van der Waals surface area (Å²) >= 11 is 0. The van der Waals surface area contributed by atoms with Crippen LogP contribution in [0.2, 0.25) is 0 Å². The Morgan fingerprint density at radius 3 is 2.85 bits per heavy atom. The summed E-state index contributed by atoms with van der Waals surface area (Å²) in [6.07, 6.45) is 4.61. The maximum absolute atomic E-state index is 10.6. The molecular formula is C15H11N3O2. The van der Waals surface area contributed by atoms with Gasteiger partial charge in [0, 0.05) is 29.9 Å². The molecule has 0 N–H and O–H groups in total. The Labute approximate surface area is 115 Å². The lowest BCUT2D eigenvalue weighted by Crippen LogP contribution is -1.87. The van der Waals surface area contributed by atoms with Gasteiger partial charge >= 0.3 is 0 Å². The number of pyridine rings is 1. The van der Waals surface area contributed by atoms with E-state index in [2.05, 4.69) is 15.1 Å². The van der Waals surface area contributed by atoms with Gasteiger partial charge in [-0.05, 0) is 29.8 Å². The van der Waals surface area contributed by atoms with Gasteiger partial charge in [-0.15, -0.1) is 0 Å². The Hall–Kier alpha value is -2.82. The Balaban J connectivity index is 1.94. The van der Waals surface area contributed by atoms with Gasteiger partial charge in [0.2, 0.25) is 5.82 Å². The molecule has 3 aromatic rings. The second kappa shape index (κ2) is 5.44. The molecule has 0 saturated heterocycles. The van der Waals surface area contributed by atoms with E-state index in [-0.39, 0.29) is 0 Å². The number of nitrogens with zero attached hydrogens (tertiary/aromatic N) is 3. The first kappa shape index (κ1) is 12.2. The van der Waals surface area contributed by atoms with Gasteiger partial charge in [0.15, 0.2) is 0 Å². The number of rotatable bonds is 4. The van der Waals surface area contributed by atoms with E-state index in [4.69, 9.17) is 4.52 Å². The van der Waals surface area contributed by atoms with Crippen LogP contribution in [0.1, 0.15) is 5.56 Å². The normalized spacial score (nSPS) is 10.4. The van der Waals surface area contributed by atoms with E-state index in [1.165, 1.54) is 0 Å². The quantitative estimate of drug-likeness (QED) is 0.678. The molecule has 3 rings (SSSR count). The average Bonchev–Trinajstić information content (AvgIpc) is 2.99. The number of carbonyl (C=O) groups excluding carboxylic acids is 1. The molecule has 98 valence electrons. The van der Waals surface area contributed by atoms with Crippen LogP contribution < -0.4 is 0 Å². The van der Waals surface area contributed by atoms with Crippen molar-refractivity contribution in [2.45, 2.75) is 6.42 Å². The highest BCUT2D eigenvalue weighted by Gasteiger charge is 2.10. The van der Waals surface area contributed by atoms with Crippen molar-refractivity contribution < 1.29 is 9.32 Å². The molecule has 5 nitrogen and oxygen atoms in total. The van der Waals surface area contributed by atoms with Crippen molar-refractivity contribution in [1.82, 2.24) is 15.1 Å². The average molecular weight is 265 g/mol. The Bertz CT molecular complexity index is 723. The molecule has 0 radical (unpaired) electrons. The first-order valence-electron chi connectivity index (χ1n) is 6.14. The first-order chi connectivity index (χ1) is 9.86. The van der Waals surface area contributed by atoms with E-state index in [0.717, 1.165) is 23.0 Å². The fourth-order valence-corrected chi connectivity index (χ4v) is 1.88. The van der Waals surface area contributed by atoms with Crippen molar-refractivity contribution in [3.8, 4) is 22.8 Å². The molecule has 20 heavy (non-hydrogen) atoms. The van der Waals surface area contributed by atoms with Crippen LogP contribution in [-0.4, -0.2) is 21.4 Å². The zero-order valence-electron chi connectivity index (χ0n) is 10.6. The molecule has 0 unspecified atom stereocenters. The standard InChI is InChI=1S/C15H11N3O2/c19-8-6-11-3-1-4-12(9-11)15-17-14(18-20-15)13-5-2-7-16-10-13/h1-5,7-10H,6H2. The van der Waals surface area contributed by atoms with Crippen LogP contribution in [0.5, 0.6) is 0 Å². The zero-order valence-corrected chi connectivity index (χ0v) is 10.6. The van der Waals surface area contributed by atoms with Crippen LogP contribution in [0.4, 0.5) is 0 Å².